The highest BCUT2D eigenvalue weighted by Crippen LogP contribution is 2.36. The second-order valence-electron chi connectivity index (χ2n) is 6.74. The molecule has 1 aromatic heterocycles. The maximum absolute atomic E-state index is 11.8. The SMILES string of the molecule is CO[C@H](CC(=O)NO)[C@H](Cc1ccc(Cl)cc1)c1ccnn1C1CCC1. The van der Waals surface area contributed by atoms with Crippen LogP contribution in [0.1, 0.15) is 48.9 Å². The standard InChI is InChI=1S/C19H24ClN3O3/c1-26-18(12-19(24)22-25)16(11-13-5-7-14(20)8-6-13)17-9-10-21-23(17)15-3-2-4-15/h5-10,15-16,18,25H,2-4,11-12H2,1H3,(H,22,24)/t16-,18-/m1/s1. The van der Waals surface area contributed by atoms with Crippen molar-refractivity contribution in [1.82, 2.24) is 15.3 Å². The molecule has 1 aliphatic carbocycles. The maximum Gasteiger partial charge on any atom is 0.245 e. The zero-order chi connectivity index (χ0) is 18.5. The van der Waals surface area contributed by atoms with Crippen molar-refractivity contribution in [2.45, 2.75) is 50.2 Å². The van der Waals surface area contributed by atoms with Crippen LogP contribution in [0.25, 0.3) is 0 Å². The first kappa shape index (κ1) is 18.9. The Bertz CT molecular complexity index is 728. The minimum Gasteiger partial charge on any atom is -0.380 e. The number of nitrogens with zero attached hydrogens (tertiary/aromatic N) is 2. The number of amides is 1. The maximum atomic E-state index is 11.8. The first-order valence-electron chi connectivity index (χ1n) is 8.86. The van der Waals surface area contributed by atoms with Gasteiger partial charge in [-0.15, -0.1) is 0 Å². The normalized spacial score (nSPS) is 16.7. The van der Waals surface area contributed by atoms with E-state index < -0.39 is 5.91 Å². The van der Waals surface area contributed by atoms with Gasteiger partial charge in [-0.25, -0.2) is 5.48 Å². The van der Waals surface area contributed by atoms with Crippen molar-refractivity contribution < 1.29 is 14.7 Å². The minimum absolute atomic E-state index is 0.0680. The lowest BCUT2D eigenvalue weighted by Crippen LogP contribution is -2.33. The van der Waals surface area contributed by atoms with Gasteiger partial charge in [0.1, 0.15) is 0 Å². The van der Waals surface area contributed by atoms with E-state index in [1.54, 1.807) is 18.8 Å². The molecule has 0 bridgehead atoms. The number of carbonyl (C=O) groups is 1. The average Bonchev–Trinajstić information content (AvgIpc) is 3.06. The quantitative estimate of drug-likeness (QED) is 0.545. The van der Waals surface area contributed by atoms with E-state index in [2.05, 4.69) is 9.78 Å². The molecule has 3 rings (SSSR count). The van der Waals surface area contributed by atoms with Gasteiger partial charge in [0.2, 0.25) is 5.91 Å². The van der Waals surface area contributed by atoms with Crippen LogP contribution in [0.3, 0.4) is 0 Å². The molecular weight excluding hydrogens is 354 g/mol. The Labute approximate surface area is 158 Å². The van der Waals surface area contributed by atoms with Gasteiger partial charge in [-0.2, -0.15) is 5.10 Å². The van der Waals surface area contributed by atoms with Crippen LogP contribution in [0.2, 0.25) is 5.02 Å². The molecule has 6 nitrogen and oxygen atoms in total. The van der Waals surface area contributed by atoms with E-state index in [0.29, 0.717) is 17.5 Å². The van der Waals surface area contributed by atoms with Gasteiger partial charge in [0.15, 0.2) is 0 Å². The van der Waals surface area contributed by atoms with E-state index in [1.165, 1.54) is 6.42 Å². The van der Waals surface area contributed by atoms with E-state index in [4.69, 9.17) is 21.5 Å². The number of carbonyl (C=O) groups excluding carboxylic acids is 1. The van der Waals surface area contributed by atoms with Gasteiger partial charge >= 0.3 is 0 Å². The van der Waals surface area contributed by atoms with Crippen molar-refractivity contribution >= 4 is 17.5 Å². The molecule has 140 valence electrons. The molecule has 2 atom stereocenters. The molecule has 1 aromatic carbocycles. The molecule has 26 heavy (non-hydrogen) atoms. The van der Waals surface area contributed by atoms with Crippen LogP contribution >= 0.6 is 11.6 Å². The van der Waals surface area contributed by atoms with E-state index in [9.17, 15) is 4.79 Å². The summed E-state index contributed by atoms with van der Waals surface area (Å²) in [5.41, 5.74) is 3.86. The molecule has 0 saturated heterocycles. The fourth-order valence-electron chi connectivity index (χ4n) is 3.47. The smallest absolute Gasteiger partial charge is 0.245 e. The van der Waals surface area contributed by atoms with Crippen molar-refractivity contribution in [2.75, 3.05) is 7.11 Å². The zero-order valence-corrected chi connectivity index (χ0v) is 15.5. The summed E-state index contributed by atoms with van der Waals surface area (Å²) in [5, 5.41) is 14.1. The molecule has 0 aliphatic heterocycles. The molecule has 1 saturated carbocycles. The first-order chi connectivity index (χ1) is 12.6. The van der Waals surface area contributed by atoms with E-state index in [0.717, 1.165) is 24.1 Å². The van der Waals surface area contributed by atoms with Crippen molar-refractivity contribution in [3.05, 3.63) is 52.8 Å². The first-order valence-corrected chi connectivity index (χ1v) is 9.23. The second-order valence-corrected chi connectivity index (χ2v) is 7.17. The number of aromatic nitrogens is 2. The van der Waals surface area contributed by atoms with Gasteiger partial charge < -0.3 is 4.74 Å². The molecule has 0 radical (unpaired) electrons. The Kier molecular flexibility index (Phi) is 6.29. The molecule has 1 heterocycles. The number of ether oxygens (including phenoxy) is 1. The lowest BCUT2D eigenvalue weighted by atomic mass is 9.87. The number of rotatable bonds is 8. The van der Waals surface area contributed by atoms with Crippen molar-refractivity contribution in [1.29, 1.82) is 0 Å². The number of nitrogens with one attached hydrogen (secondary N) is 1. The van der Waals surface area contributed by atoms with Crippen molar-refractivity contribution in [3.8, 4) is 0 Å². The van der Waals surface area contributed by atoms with Crippen molar-refractivity contribution in [2.24, 2.45) is 0 Å². The molecule has 0 unspecified atom stereocenters. The van der Waals surface area contributed by atoms with Crippen LogP contribution < -0.4 is 5.48 Å². The molecule has 1 aliphatic rings. The summed E-state index contributed by atoms with van der Waals surface area (Å²) in [6.45, 7) is 0. The third kappa shape index (κ3) is 4.26. The predicted octanol–water partition coefficient (Wildman–Crippen LogP) is 3.50. The number of benzene rings is 1. The summed E-state index contributed by atoms with van der Waals surface area (Å²) in [7, 11) is 1.59. The van der Waals surface area contributed by atoms with Gasteiger partial charge in [-0.05, 0) is 49.4 Å². The Morgan fingerprint density at radius 3 is 2.69 bits per heavy atom. The number of methoxy groups -OCH3 is 1. The summed E-state index contributed by atoms with van der Waals surface area (Å²) >= 11 is 6.00. The van der Waals surface area contributed by atoms with Gasteiger partial charge in [-0.1, -0.05) is 23.7 Å². The van der Waals surface area contributed by atoms with Crippen LogP contribution in [-0.2, 0) is 16.0 Å². The van der Waals surface area contributed by atoms with Crippen molar-refractivity contribution in [3.63, 3.8) is 0 Å². The van der Waals surface area contributed by atoms with E-state index in [1.807, 2.05) is 30.3 Å². The highest BCUT2D eigenvalue weighted by atomic mass is 35.5. The summed E-state index contributed by atoms with van der Waals surface area (Å²) in [4.78, 5) is 11.8. The Hall–Kier alpha value is -1.89. The lowest BCUT2D eigenvalue weighted by Gasteiger charge is -2.32. The van der Waals surface area contributed by atoms with Gasteiger partial charge in [0.05, 0.1) is 18.6 Å². The monoisotopic (exact) mass is 377 g/mol. The fraction of sp³-hybridized carbons (Fsp3) is 0.474. The molecule has 2 N–H and O–H groups in total. The zero-order valence-electron chi connectivity index (χ0n) is 14.8. The van der Waals surface area contributed by atoms with Gasteiger partial charge in [-0.3, -0.25) is 14.7 Å². The topological polar surface area (TPSA) is 76.4 Å². The van der Waals surface area contributed by atoms with Crippen LogP contribution in [0.4, 0.5) is 0 Å². The molecule has 1 amide bonds. The Morgan fingerprint density at radius 2 is 2.12 bits per heavy atom. The third-order valence-corrected chi connectivity index (χ3v) is 5.39. The summed E-state index contributed by atoms with van der Waals surface area (Å²) in [6.07, 6.45) is 5.64. The predicted molar refractivity (Wildman–Crippen MR) is 98.4 cm³/mol. The number of halogens is 1. The van der Waals surface area contributed by atoms with Crippen LogP contribution in [0.5, 0.6) is 0 Å². The Morgan fingerprint density at radius 1 is 1.38 bits per heavy atom. The molecule has 1 fully saturated rings. The summed E-state index contributed by atoms with van der Waals surface area (Å²) < 4.78 is 7.73. The summed E-state index contributed by atoms with van der Waals surface area (Å²) in [5.74, 6) is -0.533. The van der Waals surface area contributed by atoms with Gasteiger partial charge in [0, 0.05) is 29.9 Å². The van der Waals surface area contributed by atoms with Crippen LogP contribution in [-0.4, -0.2) is 34.1 Å². The fourth-order valence-corrected chi connectivity index (χ4v) is 3.60. The third-order valence-electron chi connectivity index (χ3n) is 5.13. The largest absolute Gasteiger partial charge is 0.380 e. The molecule has 0 spiro atoms. The van der Waals surface area contributed by atoms with Gasteiger partial charge in [0.25, 0.3) is 0 Å². The average molecular weight is 378 g/mol. The lowest BCUT2D eigenvalue weighted by molar-refractivity contribution is -0.132. The minimum atomic E-state index is -0.465. The van der Waals surface area contributed by atoms with E-state index in [-0.39, 0.29) is 18.4 Å². The summed E-state index contributed by atoms with van der Waals surface area (Å²) in [6, 6.07) is 10.1. The van der Waals surface area contributed by atoms with Crippen LogP contribution in [0, 0.1) is 0 Å². The molecule has 7 heteroatoms. The molecule has 2 aromatic rings. The molecular formula is C19H24ClN3O3. The Balaban J connectivity index is 1.90. The highest BCUT2D eigenvalue weighted by molar-refractivity contribution is 6.30. The number of hydrogen-bond donors (Lipinski definition) is 2. The number of hydrogen-bond acceptors (Lipinski definition) is 4. The highest BCUT2D eigenvalue weighted by Gasteiger charge is 2.31. The van der Waals surface area contributed by atoms with E-state index >= 15 is 0 Å². The van der Waals surface area contributed by atoms with Crippen LogP contribution in [0.15, 0.2) is 36.5 Å². The second kappa shape index (κ2) is 8.66. The number of hydroxylamine groups is 1.